The van der Waals surface area contributed by atoms with Crippen molar-refractivity contribution in [2.45, 2.75) is 29.4 Å². The van der Waals surface area contributed by atoms with Crippen molar-refractivity contribution >= 4 is 34.7 Å². The average Bonchev–Trinajstić information content (AvgIpc) is 2.88. The fraction of sp³-hybridized carbons (Fsp3) is 0.226. The Balaban J connectivity index is 0.00000320. The molecule has 4 aromatic carbocycles. The zero-order chi connectivity index (χ0) is 25.0. The van der Waals surface area contributed by atoms with Crippen LogP contribution in [0, 0.1) is 0 Å². The lowest BCUT2D eigenvalue weighted by atomic mass is 10.1. The monoisotopic (exact) mass is 550 g/mol. The number of nitrogens with zero attached hydrogens (tertiary/aromatic N) is 2. The van der Waals surface area contributed by atoms with Gasteiger partial charge in [0.15, 0.2) is 0 Å². The van der Waals surface area contributed by atoms with Crippen LogP contribution in [0.4, 0.5) is 11.4 Å². The van der Waals surface area contributed by atoms with E-state index in [1.165, 1.54) is 32.3 Å². The van der Waals surface area contributed by atoms with Crippen molar-refractivity contribution < 1.29 is 21.6 Å². The lowest BCUT2D eigenvalue weighted by Crippen LogP contribution is -3.00. The molecule has 0 aliphatic carbocycles. The van der Waals surface area contributed by atoms with Gasteiger partial charge in [0.25, 0.3) is 0 Å². The van der Waals surface area contributed by atoms with E-state index in [-0.39, 0.29) is 12.4 Å². The lowest BCUT2D eigenvalue weighted by Gasteiger charge is -2.35. The molecule has 0 atom stereocenters. The molecule has 0 N–H and O–H groups in total. The first-order valence-electron chi connectivity index (χ1n) is 12.4. The van der Waals surface area contributed by atoms with Crippen LogP contribution in [0.1, 0.15) is 17.5 Å². The SMILES string of the molecule is C[N+](C)(CCCN1c2ccccc2Sc2ccc(Cl)cc21)Cc1ccc(OCc2ccccc2)cc1.[Cl-]. The van der Waals surface area contributed by atoms with Gasteiger partial charge in [-0.1, -0.05) is 65.8 Å². The fourth-order valence-electron chi connectivity index (χ4n) is 4.71. The van der Waals surface area contributed by atoms with Gasteiger partial charge in [0.1, 0.15) is 18.9 Å². The van der Waals surface area contributed by atoms with Crippen LogP contribution in [-0.4, -0.2) is 31.7 Å². The standard InChI is InChI=1S/C31H32ClN2OS.ClH/c1-34(2,22-24-13-16-27(17-14-24)35-23-25-9-4-3-5-10-25)20-8-19-33-28-11-6-7-12-30(28)36-31-18-15-26(32)21-29(31)33;/h3-7,9-18,21H,8,19-20,22-23H2,1-2H3;1H/q+1;/p-1. The fourth-order valence-corrected chi connectivity index (χ4v) is 5.95. The summed E-state index contributed by atoms with van der Waals surface area (Å²) in [6.07, 6.45) is 1.08. The Morgan fingerprint density at radius 3 is 2.27 bits per heavy atom. The maximum absolute atomic E-state index is 6.38. The molecule has 0 aromatic heterocycles. The number of rotatable bonds is 9. The Morgan fingerprint density at radius 1 is 0.784 bits per heavy atom. The van der Waals surface area contributed by atoms with Gasteiger partial charge in [0.05, 0.1) is 32.0 Å². The Hall–Kier alpha value is -2.63. The summed E-state index contributed by atoms with van der Waals surface area (Å²) in [6.45, 7) is 3.61. The third-order valence-corrected chi connectivity index (χ3v) is 7.88. The summed E-state index contributed by atoms with van der Waals surface area (Å²) >= 11 is 8.20. The van der Waals surface area contributed by atoms with Gasteiger partial charge in [0.2, 0.25) is 0 Å². The van der Waals surface area contributed by atoms with E-state index in [2.05, 4.69) is 91.8 Å². The second kappa shape index (κ2) is 12.3. The van der Waals surface area contributed by atoms with E-state index in [4.69, 9.17) is 16.3 Å². The van der Waals surface area contributed by atoms with E-state index in [0.717, 1.165) is 41.3 Å². The number of fused-ring (bicyclic) bond motifs is 2. The molecule has 4 aromatic rings. The molecular formula is C31H32Cl2N2OS. The minimum Gasteiger partial charge on any atom is -1.00 e. The Morgan fingerprint density at radius 2 is 1.49 bits per heavy atom. The van der Waals surface area contributed by atoms with Crippen LogP contribution in [0.25, 0.3) is 0 Å². The van der Waals surface area contributed by atoms with Crippen LogP contribution < -0.4 is 22.0 Å². The van der Waals surface area contributed by atoms with Crippen molar-refractivity contribution in [1.82, 2.24) is 0 Å². The zero-order valence-electron chi connectivity index (χ0n) is 21.2. The van der Waals surface area contributed by atoms with E-state index >= 15 is 0 Å². The summed E-state index contributed by atoms with van der Waals surface area (Å²) in [6, 6.07) is 33.7. The van der Waals surface area contributed by atoms with Crippen LogP contribution in [-0.2, 0) is 13.2 Å². The number of para-hydroxylation sites is 1. The molecular weight excluding hydrogens is 519 g/mol. The van der Waals surface area contributed by atoms with Gasteiger partial charge in [-0.05, 0) is 60.2 Å². The number of benzene rings is 4. The highest BCUT2D eigenvalue weighted by molar-refractivity contribution is 7.99. The summed E-state index contributed by atoms with van der Waals surface area (Å²) in [5, 5.41) is 0.783. The Bertz CT molecular complexity index is 1310. The van der Waals surface area contributed by atoms with Gasteiger partial charge >= 0.3 is 0 Å². The van der Waals surface area contributed by atoms with E-state index < -0.39 is 0 Å². The van der Waals surface area contributed by atoms with Gasteiger partial charge in [-0.15, -0.1) is 0 Å². The molecule has 0 bridgehead atoms. The maximum atomic E-state index is 6.38. The topological polar surface area (TPSA) is 12.5 Å². The number of ether oxygens (including phenoxy) is 1. The van der Waals surface area contributed by atoms with E-state index in [1.54, 1.807) is 0 Å². The number of hydrogen-bond donors (Lipinski definition) is 0. The molecule has 0 saturated heterocycles. The lowest BCUT2D eigenvalue weighted by molar-refractivity contribution is -0.903. The molecule has 0 unspecified atom stereocenters. The predicted molar refractivity (Wildman–Crippen MR) is 152 cm³/mol. The van der Waals surface area contributed by atoms with E-state index in [0.29, 0.717) is 6.61 Å². The largest absolute Gasteiger partial charge is 1.00 e. The summed E-state index contributed by atoms with van der Waals surface area (Å²) in [5.74, 6) is 0.909. The Kier molecular flexibility index (Phi) is 9.09. The van der Waals surface area contributed by atoms with Crippen molar-refractivity contribution in [2.75, 3.05) is 32.1 Å². The second-order valence-corrected chi connectivity index (χ2v) is 11.4. The predicted octanol–water partition coefficient (Wildman–Crippen LogP) is 5.19. The highest BCUT2D eigenvalue weighted by Gasteiger charge is 2.24. The molecule has 0 fully saturated rings. The quantitative estimate of drug-likeness (QED) is 0.266. The van der Waals surface area contributed by atoms with Crippen LogP contribution >= 0.6 is 23.4 Å². The minimum atomic E-state index is 0. The third-order valence-electron chi connectivity index (χ3n) is 6.52. The molecule has 1 aliphatic heterocycles. The highest BCUT2D eigenvalue weighted by Crippen LogP contribution is 2.48. The third kappa shape index (κ3) is 7.03. The molecule has 0 radical (unpaired) electrons. The zero-order valence-corrected chi connectivity index (χ0v) is 23.6. The van der Waals surface area contributed by atoms with Crippen LogP contribution in [0.3, 0.4) is 0 Å². The molecule has 6 heteroatoms. The molecule has 5 rings (SSSR count). The first-order valence-corrected chi connectivity index (χ1v) is 13.6. The smallest absolute Gasteiger partial charge is 0.119 e. The van der Waals surface area contributed by atoms with Gasteiger partial charge in [-0.25, -0.2) is 0 Å². The van der Waals surface area contributed by atoms with Crippen LogP contribution in [0.2, 0.25) is 5.02 Å². The van der Waals surface area contributed by atoms with Crippen LogP contribution in [0.5, 0.6) is 5.75 Å². The van der Waals surface area contributed by atoms with Crippen molar-refractivity contribution in [1.29, 1.82) is 0 Å². The molecule has 37 heavy (non-hydrogen) atoms. The normalized spacial score (nSPS) is 12.4. The van der Waals surface area contributed by atoms with Crippen LogP contribution in [0.15, 0.2) is 107 Å². The summed E-state index contributed by atoms with van der Waals surface area (Å²) in [5.41, 5.74) is 4.99. The summed E-state index contributed by atoms with van der Waals surface area (Å²) < 4.78 is 6.88. The number of halogens is 2. The van der Waals surface area contributed by atoms with E-state index in [1.807, 2.05) is 36.0 Å². The van der Waals surface area contributed by atoms with Crippen molar-refractivity contribution in [3.8, 4) is 5.75 Å². The molecule has 0 saturated carbocycles. The number of anilines is 2. The van der Waals surface area contributed by atoms with E-state index in [9.17, 15) is 0 Å². The van der Waals surface area contributed by atoms with Crippen molar-refractivity contribution in [3.63, 3.8) is 0 Å². The number of hydrogen-bond acceptors (Lipinski definition) is 3. The van der Waals surface area contributed by atoms with Gasteiger partial charge in [-0.2, -0.15) is 0 Å². The molecule has 0 amide bonds. The average molecular weight is 552 g/mol. The van der Waals surface area contributed by atoms with Gasteiger partial charge < -0.3 is 26.5 Å². The second-order valence-electron chi connectivity index (χ2n) is 9.92. The number of quaternary nitrogens is 1. The Labute approximate surface area is 236 Å². The first kappa shape index (κ1) is 27.4. The highest BCUT2D eigenvalue weighted by atomic mass is 35.5. The van der Waals surface area contributed by atoms with Gasteiger partial charge in [0, 0.05) is 33.3 Å². The van der Waals surface area contributed by atoms with Crippen molar-refractivity contribution in [2.24, 2.45) is 0 Å². The molecule has 3 nitrogen and oxygen atoms in total. The summed E-state index contributed by atoms with van der Waals surface area (Å²) in [7, 11) is 4.62. The maximum Gasteiger partial charge on any atom is 0.119 e. The summed E-state index contributed by atoms with van der Waals surface area (Å²) in [4.78, 5) is 5.00. The van der Waals surface area contributed by atoms with Crippen molar-refractivity contribution in [3.05, 3.63) is 113 Å². The molecule has 1 aliphatic rings. The molecule has 192 valence electrons. The minimum absolute atomic E-state index is 0. The molecule has 0 spiro atoms. The first-order chi connectivity index (χ1) is 17.5. The van der Waals surface area contributed by atoms with Gasteiger partial charge in [-0.3, -0.25) is 0 Å². The molecule has 1 heterocycles.